The van der Waals surface area contributed by atoms with Crippen LogP contribution in [0.5, 0.6) is 0 Å². The lowest BCUT2D eigenvalue weighted by Crippen LogP contribution is -2.05. The summed E-state index contributed by atoms with van der Waals surface area (Å²) in [5, 5.41) is 9.83. The van der Waals surface area contributed by atoms with Gasteiger partial charge in [-0.15, -0.1) is 0 Å². The van der Waals surface area contributed by atoms with Crippen molar-refractivity contribution in [3.63, 3.8) is 0 Å². The SMILES string of the molecule is N#Cc1nc(Cl)c(Cl)n1COCc1ccc(Cl)cc1. The van der Waals surface area contributed by atoms with Gasteiger partial charge < -0.3 is 4.74 Å². The van der Waals surface area contributed by atoms with E-state index < -0.39 is 0 Å². The molecule has 1 heterocycles. The van der Waals surface area contributed by atoms with Gasteiger partial charge in [0.2, 0.25) is 5.82 Å². The molecule has 0 unspecified atom stereocenters. The average Bonchev–Trinajstić information content (AvgIpc) is 2.68. The van der Waals surface area contributed by atoms with Crippen molar-refractivity contribution in [2.75, 3.05) is 0 Å². The number of halogens is 3. The van der Waals surface area contributed by atoms with Crippen molar-refractivity contribution in [3.05, 3.63) is 51.0 Å². The Kier molecular flexibility index (Phi) is 4.67. The van der Waals surface area contributed by atoms with E-state index in [-0.39, 0.29) is 22.9 Å². The first-order valence-electron chi connectivity index (χ1n) is 5.25. The number of nitrogens with zero attached hydrogens (tertiary/aromatic N) is 3. The molecule has 0 fully saturated rings. The van der Waals surface area contributed by atoms with Crippen LogP contribution in [0.1, 0.15) is 11.4 Å². The third-order valence-corrected chi connectivity index (χ3v) is 3.36. The normalized spacial score (nSPS) is 10.4. The Labute approximate surface area is 125 Å². The molecule has 0 bridgehead atoms. The molecular weight excluding hydrogens is 309 g/mol. The van der Waals surface area contributed by atoms with Crippen LogP contribution in [0.2, 0.25) is 15.3 Å². The highest BCUT2D eigenvalue weighted by atomic mass is 35.5. The zero-order valence-electron chi connectivity index (χ0n) is 9.61. The van der Waals surface area contributed by atoms with Gasteiger partial charge in [-0.25, -0.2) is 4.98 Å². The highest BCUT2D eigenvalue weighted by Gasteiger charge is 2.13. The molecular formula is C12H8Cl3N3O. The quantitative estimate of drug-likeness (QED) is 0.860. The molecule has 4 nitrogen and oxygen atoms in total. The van der Waals surface area contributed by atoms with E-state index in [0.717, 1.165) is 5.56 Å². The second-order valence-corrected chi connectivity index (χ2v) is 4.81. The summed E-state index contributed by atoms with van der Waals surface area (Å²) in [5.74, 6) is 0.117. The summed E-state index contributed by atoms with van der Waals surface area (Å²) in [5.41, 5.74) is 0.963. The number of aromatic nitrogens is 2. The molecule has 0 saturated heterocycles. The van der Waals surface area contributed by atoms with Crippen molar-refractivity contribution in [1.82, 2.24) is 9.55 Å². The Morgan fingerprint density at radius 2 is 1.89 bits per heavy atom. The molecule has 0 radical (unpaired) electrons. The standard InChI is InChI=1S/C12H8Cl3N3O/c13-9-3-1-8(2-4-9)6-19-7-18-10(5-16)17-11(14)12(18)15/h1-4H,6-7H2. The zero-order valence-corrected chi connectivity index (χ0v) is 11.9. The predicted octanol–water partition coefficient (Wildman–Crippen LogP) is 3.89. The van der Waals surface area contributed by atoms with Crippen molar-refractivity contribution >= 4 is 34.8 Å². The molecule has 0 aliphatic carbocycles. The highest BCUT2D eigenvalue weighted by Crippen LogP contribution is 2.22. The fraction of sp³-hybridized carbons (Fsp3) is 0.167. The number of imidazole rings is 1. The molecule has 0 saturated carbocycles. The topological polar surface area (TPSA) is 50.8 Å². The maximum atomic E-state index is 8.88. The van der Waals surface area contributed by atoms with Crippen molar-refractivity contribution in [2.45, 2.75) is 13.3 Å². The van der Waals surface area contributed by atoms with E-state index >= 15 is 0 Å². The smallest absolute Gasteiger partial charge is 0.217 e. The van der Waals surface area contributed by atoms with Gasteiger partial charge in [0, 0.05) is 5.02 Å². The Hall–Kier alpha value is -1.25. The van der Waals surface area contributed by atoms with Gasteiger partial charge >= 0.3 is 0 Å². The molecule has 1 aromatic carbocycles. The third kappa shape index (κ3) is 3.40. The van der Waals surface area contributed by atoms with Crippen molar-refractivity contribution in [3.8, 4) is 6.07 Å². The molecule has 2 aromatic rings. The molecule has 0 aliphatic rings. The second-order valence-electron chi connectivity index (χ2n) is 3.66. The molecule has 0 spiro atoms. The molecule has 0 aliphatic heterocycles. The highest BCUT2D eigenvalue weighted by molar-refractivity contribution is 6.40. The summed E-state index contributed by atoms with van der Waals surface area (Å²) < 4.78 is 6.87. The summed E-state index contributed by atoms with van der Waals surface area (Å²) in [7, 11) is 0. The minimum Gasteiger partial charge on any atom is -0.356 e. The first-order valence-corrected chi connectivity index (χ1v) is 6.39. The third-order valence-electron chi connectivity index (χ3n) is 2.37. The van der Waals surface area contributed by atoms with Crippen LogP contribution >= 0.6 is 34.8 Å². The van der Waals surface area contributed by atoms with Crippen molar-refractivity contribution in [2.24, 2.45) is 0 Å². The van der Waals surface area contributed by atoms with Gasteiger partial charge in [-0.3, -0.25) is 4.57 Å². The van der Waals surface area contributed by atoms with Crippen LogP contribution in [-0.2, 0) is 18.1 Å². The van der Waals surface area contributed by atoms with E-state index in [4.69, 9.17) is 44.8 Å². The summed E-state index contributed by atoms with van der Waals surface area (Å²) in [6, 6.07) is 9.17. The van der Waals surface area contributed by atoms with Crippen LogP contribution < -0.4 is 0 Å². The van der Waals surface area contributed by atoms with E-state index in [1.165, 1.54) is 4.57 Å². The molecule has 19 heavy (non-hydrogen) atoms. The molecule has 2 rings (SSSR count). The fourth-order valence-corrected chi connectivity index (χ4v) is 1.92. The monoisotopic (exact) mass is 315 g/mol. The second kappa shape index (κ2) is 6.27. The van der Waals surface area contributed by atoms with E-state index in [2.05, 4.69) is 4.98 Å². The minimum absolute atomic E-state index is 0.0910. The minimum atomic E-state index is 0.0910. The van der Waals surface area contributed by atoms with Gasteiger partial charge in [0.1, 0.15) is 12.8 Å². The van der Waals surface area contributed by atoms with Crippen molar-refractivity contribution in [1.29, 1.82) is 5.26 Å². The van der Waals surface area contributed by atoms with Gasteiger partial charge in [0.25, 0.3) is 0 Å². The lowest BCUT2D eigenvalue weighted by molar-refractivity contribution is 0.0636. The molecule has 0 N–H and O–H groups in total. The Balaban J connectivity index is 2.00. The summed E-state index contributed by atoms with van der Waals surface area (Å²) in [6.07, 6.45) is 0. The first-order chi connectivity index (χ1) is 9.11. The van der Waals surface area contributed by atoms with Gasteiger partial charge in [-0.1, -0.05) is 46.9 Å². The first kappa shape index (κ1) is 14.2. The Bertz CT molecular complexity index is 616. The molecule has 0 atom stereocenters. The maximum Gasteiger partial charge on any atom is 0.217 e. The van der Waals surface area contributed by atoms with Crippen LogP contribution in [-0.4, -0.2) is 9.55 Å². The van der Waals surface area contributed by atoms with E-state index in [1.54, 1.807) is 12.1 Å². The molecule has 1 aromatic heterocycles. The fourth-order valence-electron chi connectivity index (χ4n) is 1.44. The lowest BCUT2D eigenvalue weighted by Gasteiger charge is -2.07. The Morgan fingerprint density at radius 3 is 2.53 bits per heavy atom. The average molecular weight is 317 g/mol. The van der Waals surface area contributed by atoms with Crippen LogP contribution in [0.4, 0.5) is 0 Å². The largest absolute Gasteiger partial charge is 0.356 e. The number of hydrogen-bond donors (Lipinski definition) is 0. The van der Waals surface area contributed by atoms with Gasteiger partial charge in [0.15, 0.2) is 10.3 Å². The van der Waals surface area contributed by atoms with Crippen LogP contribution in [0, 0.1) is 11.3 Å². The number of hydrogen-bond acceptors (Lipinski definition) is 3. The van der Waals surface area contributed by atoms with E-state index in [9.17, 15) is 0 Å². The van der Waals surface area contributed by atoms with E-state index in [0.29, 0.717) is 11.6 Å². The van der Waals surface area contributed by atoms with E-state index in [1.807, 2.05) is 18.2 Å². The number of rotatable bonds is 4. The van der Waals surface area contributed by atoms with Gasteiger partial charge in [0.05, 0.1) is 6.61 Å². The lowest BCUT2D eigenvalue weighted by atomic mass is 10.2. The number of benzene rings is 1. The number of nitriles is 1. The molecule has 0 amide bonds. The van der Waals surface area contributed by atoms with Crippen LogP contribution in [0.25, 0.3) is 0 Å². The summed E-state index contributed by atoms with van der Waals surface area (Å²) in [4.78, 5) is 3.80. The van der Waals surface area contributed by atoms with Crippen LogP contribution in [0.15, 0.2) is 24.3 Å². The summed E-state index contributed by atoms with van der Waals surface area (Å²) >= 11 is 17.4. The summed E-state index contributed by atoms with van der Waals surface area (Å²) in [6.45, 7) is 0.470. The molecule has 7 heteroatoms. The maximum absolute atomic E-state index is 8.88. The Morgan fingerprint density at radius 1 is 1.21 bits per heavy atom. The zero-order chi connectivity index (χ0) is 13.8. The van der Waals surface area contributed by atoms with Crippen LogP contribution in [0.3, 0.4) is 0 Å². The predicted molar refractivity (Wildman–Crippen MR) is 73.2 cm³/mol. The van der Waals surface area contributed by atoms with Gasteiger partial charge in [-0.2, -0.15) is 5.26 Å². The molecule has 98 valence electrons. The van der Waals surface area contributed by atoms with Gasteiger partial charge in [-0.05, 0) is 17.7 Å². The number of ether oxygens (including phenoxy) is 1. The van der Waals surface area contributed by atoms with Crippen molar-refractivity contribution < 1.29 is 4.74 Å².